The maximum absolute atomic E-state index is 12.5. The van der Waals surface area contributed by atoms with Crippen molar-refractivity contribution in [1.29, 1.82) is 0 Å². The lowest BCUT2D eigenvalue weighted by Crippen LogP contribution is -2.26. The van der Waals surface area contributed by atoms with Crippen molar-refractivity contribution in [2.24, 2.45) is 0 Å². The van der Waals surface area contributed by atoms with E-state index in [0.717, 1.165) is 34.1 Å². The van der Waals surface area contributed by atoms with Gasteiger partial charge in [-0.05, 0) is 29.8 Å². The number of sulfonamides is 1. The third-order valence-electron chi connectivity index (χ3n) is 3.34. The van der Waals surface area contributed by atoms with Crippen molar-refractivity contribution in [1.82, 2.24) is 4.31 Å². The molecule has 24 heavy (non-hydrogen) atoms. The van der Waals surface area contributed by atoms with Crippen molar-refractivity contribution in [2.45, 2.75) is 22.1 Å². The van der Waals surface area contributed by atoms with Gasteiger partial charge >= 0.3 is 5.76 Å². The first-order valence-corrected chi connectivity index (χ1v) is 9.77. The summed E-state index contributed by atoms with van der Waals surface area (Å²) >= 11 is 0. The Labute approximate surface area is 139 Å². The minimum absolute atomic E-state index is 0.125. The smallest absolute Gasteiger partial charge is 0.218 e. The number of sulfone groups is 1. The highest BCUT2D eigenvalue weighted by Crippen LogP contribution is 2.22. The summed E-state index contributed by atoms with van der Waals surface area (Å²) in [6.45, 7) is 0.125. The predicted molar refractivity (Wildman–Crippen MR) is 84.7 cm³/mol. The molecule has 0 aliphatic carbocycles. The van der Waals surface area contributed by atoms with Gasteiger partial charge in [-0.2, -0.15) is 13.1 Å². The Morgan fingerprint density at radius 2 is 1.38 bits per heavy atom. The third-order valence-corrected chi connectivity index (χ3v) is 6.56. The van der Waals surface area contributed by atoms with Crippen LogP contribution in [0, 0.1) is 0 Å². The van der Waals surface area contributed by atoms with Crippen LogP contribution in [-0.4, -0.2) is 33.9 Å². The van der Waals surface area contributed by atoms with Gasteiger partial charge in [0.05, 0.1) is 9.79 Å². The number of hydrogen-bond acceptors (Lipinski definition) is 4. The maximum atomic E-state index is 12.5. The van der Waals surface area contributed by atoms with E-state index < -0.39 is 30.5 Å². The molecule has 0 aromatic heterocycles. The number of rotatable bonds is 6. The SMILES string of the molecule is CN(Cc1ccccc1)S(=O)(=O)c1ccc(S(=O)(=O)C(F)F)cc1. The van der Waals surface area contributed by atoms with E-state index in [1.807, 2.05) is 0 Å². The molecule has 0 saturated heterocycles. The highest BCUT2D eigenvalue weighted by Gasteiger charge is 2.27. The van der Waals surface area contributed by atoms with Crippen molar-refractivity contribution < 1.29 is 25.6 Å². The Balaban J connectivity index is 2.27. The second kappa shape index (κ2) is 6.96. The van der Waals surface area contributed by atoms with Gasteiger partial charge in [-0.3, -0.25) is 0 Å². The molecule has 0 fully saturated rings. The van der Waals surface area contributed by atoms with E-state index in [9.17, 15) is 25.6 Å². The van der Waals surface area contributed by atoms with Gasteiger partial charge < -0.3 is 0 Å². The lowest BCUT2D eigenvalue weighted by atomic mass is 10.2. The molecule has 0 saturated carbocycles. The molecule has 0 aliphatic heterocycles. The molecule has 0 aliphatic rings. The first kappa shape index (κ1) is 18.5. The molecule has 2 aromatic carbocycles. The molecule has 2 aromatic rings. The minimum atomic E-state index is -4.75. The van der Waals surface area contributed by atoms with Gasteiger partial charge in [-0.15, -0.1) is 0 Å². The molecule has 0 radical (unpaired) electrons. The van der Waals surface area contributed by atoms with Crippen LogP contribution in [0.3, 0.4) is 0 Å². The first-order chi connectivity index (χ1) is 11.2. The zero-order valence-corrected chi connectivity index (χ0v) is 14.3. The Kier molecular flexibility index (Phi) is 5.36. The lowest BCUT2D eigenvalue weighted by molar-refractivity contribution is 0.234. The molecular formula is C15H15F2NO4S2. The van der Waals surface area contributed by atoms with Gasteiger partial charge in [0, 0.05) is 13.6 Å². The van der Waals surface area contributed by atoms with E-state index in [1.54, 1.807) is 30.3 Å². The van der Waals surface area contributed by atoms with Gasteiger partial charge in [-0.25, -0.2) is 16.8 Å². The van der Waals surface area contributed by atoms with Crippen LogP contribution in [0.5, 0.6) is 0 Å². The van der Waals surface area contributed by atoms with Crippen LogP contribution in [0.4, 0.5) is 8.78 Å². The first-order valence-electron chi connectivity index (χ1n) is 6.78. The summed E-state index contributed by atoms with van der Waals surface area (Å²) in [5.41, 5.74) is 0.778. The summed E-state index contributed by atoms with van der Waals surface area (Å²) in [6, 6.07) is 12.6. The molecule has 0 atom stereocenters. The highest BCUT2D eigenvalue weighted by molar-refractivity contribution is 7.91. The van der Waals surface area contributed by atoms with Gasteiger partial charge in [0.2, 0.25) is 19.9 Å². The molecule has 9 heteroatoms. The average Bonchev–Trinajstić information content (AvgIpc) is 2.55. The number of benzene rings is 2. The van der Waals surface area contributed by atoms with Crippen LogP contribution < -0.4 is 0 Å². The van der Waals surface area contributed by atoms with Crippen LogP contribution in [0.2, 0.25) is 0 Å². The highest BCUT2D eigenvalue weighted by atomic mass is 32.2. The maximum Gasteiger partial charge on any atom is 0.341 e. The fourth-order valence-electron chi connectivity index (χ4n) is 2.01. The van der Waals surface area contributed by atoms with Crippen molar-refractivity contribution in [2.75, 3.05) is 7.05 Å². The fraction of sp³-hybridized carbons (Fsp3) is 0.200. The van der Waals surface area contributed by atoms with Crippen molar-refractivity contribution in [3.8, 4) is 0 Å². The zero-order valence-electron chi connectivity index (χ0n) is 12.6. The average molecular weight is 375 g/mol. The summed E-state index contributed by atoms with van der Waals surface area (Å²) in [5, 5.41) is 0. The number of nitrogens with zero attached hydrogens (tertiary/aromatic N) is 1. The Morgan fingerprint density at radius 3 is 1.88 bits per heavy atom. The summed E-state index contributed by atoms with van der Waals surface area (Å²) in [5.74, 6) is -3.55. The van der Waals surface area contributed by atoms with E-state index in [4.69, 9.17) is 0 Å². The molecule has 0 spiro atoms. The quantitative estimate of drug-likeness (QED) is 0.778. The van der Waals surface area contributed by atoms with Crippen LogP contribution in [-0.2, 0) is 26.4 Å². The monoisotopic (exact) mass is 375 g/mol. The number of alkyl halides is 2. The topological polar surface area (TPSA) is 71.5 Å². The van der Waals surface area contributed by atoms with E-state index in [2.05, 4.69) is 0 Å². The number of hydrogen-bond donors (Lipinski definition) is 0. The van der Waals surface area contributed by atoms with E-state index in [-0.39, 0.29) is 11.4 Å². The minimum Gasteiger partial charge on any atom is -0.218 e. The van der Waals surface area contributed by atoms with Gasteiger partial charge in [0.15, 0.2) is 0 Å². The molecule has 0 bridgehead atoms. The van der Waals surface area contributed by atoms with Crippen molar-refractivity contribution in [3.05, 3.63) is 60.2 Å². The van der Waals surface area contributed by atoms with Gasteiger partial charge in [-0.1, -0.05) is 30.3 Å². The van der Waals surface area contributed by atoms with Crippen LogP contribution in [0.1, 0.15) is 5.56 Å². The van der Waals surface area contributed by atoms with E-state index in [0.29, 0.717) is 0 Å². The van der Waals surface area contributed by atoms with Gasteiger partial charge in [0.25, 0.3) is 0 Å². The van der Waals surface area contributed by atoms with Crippen molar-refractivity contribution in [3.63, 3.8) is 0 Å². The second-order valence-electron chi connectivity index (χ2n) is 5.02. The van der Waals surface area contributed by atoms with Gasteiger partial charge in [0.1, 0.15) is 0 Å². The molecule has 0 heterocycles. The van der Waals surface area contributed by atoms with Crippen LogP contribution in [0.25, 0.3) is 0 Å². The predicted octanol–water partition coefficient (Wildman–Crippen LogP) is 2.50. The zero-order chi connectivity index (χ0) is 18.0. The summed E-state index contributed by atoms with van der Waals surface area (Å²) < 4.78 is 73.7. The molecule has 2 rings (SSSR count). The summed E-state index contributed by atoms with van der Waals surface area (Å²) in [7, 11) is -7.24. The molecule has 0 amide bonds. The fourth-order valence-corrected chi connectivity index (χ4v) is 3.89. The molecule has 0 N–H and O–H groups in total. The number of halogens is 2. The van der Waals surface area contributed by atoms with Crippen LogP contribution in [0.15, 0.2) is 64.4 Å². The standard InChI is InChI=1S/C15H15F2NO4S2/c1-18(11-12-5-3-2-4-6-12)24(21,22)14-9-7-13(8-10-14)23(19,20)15(16)17/h2-10,15H,11H2,1H3. The van der Waals surface area contributed by atoms with E-state index in [1.165, 1.54) is 7.05 Å². The Hall–Kier alpha value is -1.84. The van der Waals surface area contributed by atoms with Crippen LogP contribution >= 0.6 is 0 Å². The molecule has 5 nitrogen and oxygen atoms in total. The Bertz CT molecular complexity index is 896. The lowest BCUT2D eigenvalue weighted by Gasteiger charge is -2.17. The second-order valence-corrected chi connectivity index (χ2v) is 8.99. The van der Waals surface area contributed by atoms with E-state index >= 15 is 0 Å². The molecular weight excluding hydrogens is 360 g/mol. The van der Waals surface area contributed by atoms with Crippen molar-refractivity contribution >= 4 is 19.9 Å². The molecule has 130 valence electrons. The normalized spacial score (nSPS) is 12.7. The molecule has 0 unspecified atom stereocenters. The largest absolute Gasteiger partial charge is 0.341 e. The Morgan fingerprint density at radius 1 is 0.875 bits per heavy atom. The third kappa shape index (κ3) is 3.80. The summed E-state index contributed by atoms with van der Waals surface area (Å²) in [6.07, 6.45) is 0. The summed E-state index contributed by atoms with van der Waals surface area (Å²) in [4.78, 5) is -0.795.